The van der Waals surface area contributed by atoms with Gasteiger partial charge in [0.05, 0.1) is 54.6 Å². The van der Waals surface area contributed by atoms with Crippen LogP contribution in [-0.4, -0.2) is 105 Å². The van der Waals surface area contributed by atoms with Crippen LogP contribution >= 0.6 is 0 Å². The summed E-state index contributed by atoms with van der Waals surface area (Å²) in [6.07, 6.45) is -5.03. The third kappa shape index (κ3) is 8.70. The number of nitrogens with one attached hydrogen (secondary N) is 4. The van der Waals surface area contributed by atoms with E-state index in [2.05, 4.69) is 30.3 Å². The van der Waals surface area contributed by atoms with Crippen LogP contribution in [0, 0.1) is 17.8 Å². The van der Waals surface area contributed by atoms with Crippen LogP contribution in [0.15, 0.2) is 79.0 Å². The third-order valence-corrected chi connectivity index (χ3v) is 13.1. The molecule has 0 saturated carbocycles. The maximum atomic E-state index is 14.2. The molecule has 6 aromatic rings. The number of hydrogen-bond acceptors (Lipinski definition) is 9. The number of aromatic amines is 2. The van der Waals surface area contributed by atoms with Gasteiger partial charge in [-0.1, -0.05) is 62.4 Å². The highest BCUT2D eigenvalue weighted by atomic mass is 19.4. The Morgan fingerprint density at radius 3 is 2.37 bits per heavy atom. The fourth-order valence-electron chi connectivity index (χ4n) is 9.75. The molecule has 0 bridgehead atoms. The van der Waals surface area contributed by atoms with E-state index in [9.17, 15) is 37.5 Å². The van der Waals surface area contributed by atoms with Crippen molar-refractivity contribution >= 4 is 45.8 Å². The number of fused-ring (bicyclic) bond motifs is 6. The Hall–Kier alpha value is -7.15. The van der Waals surface area contributed by atoms with Gasteiger partial charge in [-0.15, -0.1) is 0 Å². The molecule has 5 N–H and O–H groups in total. The number of hydrogen-bond donors (Lipinski definition) is 5. The number of carbonyl (C=O) groups excluding carboxylic acids is 3. The minimum atomic E-state index is -4.55. The Kier molecular flexibility index (Phi) is 12.0. The number of methoxy groups -OCH3 is 2. The van der Waals surface area contributed by atoms with Gasteiger partial charge in [0.2, 0.25) is 5.91 Å². The molecule has 19 heteroatoms. The number of likely N-dealkylation sites (tertiary alicyclic amines) is 2. The first-order chi connectivity index (χ1) is 32.1. The van der Waals surface area contributed by atoms with Crippen molar-refractivity contribution in [3.05, 3.63) is 102 Å². The smallest absolute Gasteiger partial charge is 0.407 e. The third-order valence-electron chi connectivity index (χ3n) is 13.1. The first kappa shape index (κ1) is 45.0. The van der Waals surface area contributed by atoms with Gasteiger partial charge in [0.15, 0.2) is 0 Å². The molecule has 350 valence electrons. The van der Waals surface area contributed by atoms with Crippen LogP contribution in [0.4, 0.5) is 22.8 Å². The summed E-state index contributed by atoms with van der Waals surface area (Å²) < 4.78 is 58.9. The fourth-order valence-corrected chi connectivity index (χ4v) is 9.75. The quantitative estimate of drug-likeness (QED) is 0.0846. The first-order valence-electron chi connectivity index (χ1n) is 21.9. The van der Waals surface area contributed by atoms with E-state index in [1.54, 1.807) is 56.2 Å². The molecule has 3 aliphatic heterocycles. The highest BCUT2D eigenvalue weighted by Crippen LogP contribution is 2.46. The van der Waals surface area contributed by atoms with Crippen LogP contribution in [0.5, 0.6) is 5.75 Å². The van der Waals surface area contributed by atoms with Gasteiger partial charge in [-0.05, 0) is 70.7 Å². The second-order valence-corrected chi connectivity index (χ2v) is 17.7. The maximum Gasteiger partial charge on any atom is 0.407 e. The maximum absolute atomic E-state index is 14.2. The van der Waals surface area contributed by atoms with Crippen molar-refractivity contribution in [1.29, 1.82) is 0 Å². The Balaban J connectivity index is 0.989. The van der Waals surface area contributed by atoms with Gasteiger partial charge in [0, 0.05) is 37.1 Å². The van der Waals surface area contributed by atoms with Crippen molar-refractivity contribution in [2.75, 3.05) is 33.9 Å². The van der Waals surface area contributed by atoms with Gasteiger partial charge in [0.25, 0.3) is 5.91 Å². The van der Waals surface area contributed by atoms with Gasteiger partial charge in [0.1, 0.15) is 36.1 Å². The van der Waals surface area contributed by atoms with Crippen molar-refractivity contribution in [3.8, 4) is 28.1 Å². The van der Waals surface area contributed by atoms with Crippen LogP contribution in [0.1, 0.15) is 67.6 Å². The molecule has 4 amide bonds. The molecule has 3 aliphatic rings. The van der Waals surface area contributed by atoms with Crippen LogP contribution in [0.2, 0.25) is 0 Å². The van der Waals surface area contributed by atoms with Crippen molar-refractivity contribution in [2.45, 2.75) is 63.6 Å². The summed E-state index contributed by atoms with van der Waals surface area (Å²) in [5, 5.41) is 16.3. The molecule has 4 aromatic carbocycles. The Bertz CT molecular complexity index is 2870. The zero-order valence-electron chi connectivity index (χ0n) is 37.0. The van der Waals surface area contributed by atoms with Gasteiger partial charge in [-0.2, -0.15) is 13.2 Å². The average Bonchev–Trinajstić information content (AvgIpc) is 4.14. The number of aromatic nitrogens is 4. The molecule has 6 atom stereocenters. The summed E-state index contributed by atoms with van der Waals surface area (Å²) in [5.41, 5.74) is 5.88. The average molecular weight is 923 g/mol. The monoisotopic (exact) mass is 922 g/mol. The summed E-state index contributed by atoms with van der Waals surface area (Å²) in [7, 11) is 2.75. The lowest BCUT2D eigenvalue weighted by Crippen LogP contribution is -2.51. The number of alkyl carbamates (subject to hydrolysis) is 1. The van der Waals surface area contributed by atoms with Gasteiger partial charge < -0.3 is 49.7 Å². The first-order valence-corrected chi connectivity index (χ1v) is 21.9. The minimum absolute atomic E-state index is 0.0123. The summed E-state index contributed by atoms with van der Waals surface area (Å²) in [4.78, 5) is 71.0. The molecule has 0 aliphatic carbocycles. The number of halogens is 3. The fraction of sp³-hybridized carbons (Fsp3) is 0.375. The summed E-state index contributed by atoms with van der Waals surface area (Å²) in [6, 6.07) is 18.7. The van der Waals surface area contributed by atoms with Crippen molar-refractivity contribution < 1.29 is 51.7 Å². The van der Waals surface area contributed by atoms with Crippen LogP contribution in [0.25, 0.3) is 44.2 Å². The van der Waals surface area contributed by atoms with E-state index in [0.29, 0.717) is 53.5 Å². The lowest BCUT2D eigenvalue weighted by atomic mass is 9.92. The molecule has 0 spiro atoms. The van der Waals surface area contributed by atoms with E-state index < -0.39 is 79.1 Å². The Morgan fingerprint density at radius 2 is 1.66 bits per heavy atom. The molecule has 0 unspecified atom stereocenters. The summed E-state index contributed by atoms with van der Waals surface area (Å²) in [6.45, 7) is 3.78. The molecule has 2 aromatic heterocycles. The number of alkyl halides is 3. The second kappa shape index (κ2) is 17.9. The molecule has 2 fully saturated rings. The number of amides is 4. The number of nitrogens with zero attached hydrogens (tertiary/aromatic N) is 4. The predicted octanol–water partition coefficient (Wildman–Crippen LogP) is 8.04. The van der Waals surface area contributed by atoms with Crippen LogP contribution in [0.3, 0.4) is 0 Å². The second-order valence-electron chi connectivity index (χ2n) is 17.7. The number of benzene rings is 4. The highest BCUT2D eigenvalue weighted by molar-refractivity contribution is 6.07. The van der Waals surface area contributed by atoms with Gasteiger partial charge in [-0.25, -0.2) is 19.6 Å². The molecule has 9 rings (SSSR count). The molecule has 67 heavy (non-hydrogen) atoms. The number of rotatable bonds is 11. The van der Waals surface area contributed by atoms with Crippen molar-refractivity contribution in [3.63, 3.8) is 0 Å². The molecule has 16 nitrogen and oxygen atoms in total. The standard InChI is InChI=1S/C48H49F3N8O8/c1-24(2)39(57-47(64)66-4)44(60)59-21-30(48(49,50)51)17-37(59)42-52-19-35(54-42)28-10-12-31-29(15-28)23-67-38-18-32-27(16-33(31)38)11-13-34-41(32)55-43(53-34)36-14-25(22-65-3)20-58(36)45(61)40(56-46(62)63)26-8-6-5-7-9-26/h5-13,15-16,18-19,24-25,30,36-37,39-40,56H,14,17,20-23H2,1-4H3,(H,52,54)(H,53,55)(H,57,64)(H,62,63)/t25-,30-,36-,37-,39-,40+/m0/s1. The zero-order valence-corrected chi connectivity index (χ0v) is 37.0. The summed E-state index contributed by atoms with van der Waals surface area (Å²) in [5.74, 6) is -1.86. The summed E-state index contributed by atoms with van der Waals surface area (Å²) >= 11 is 0. The lowest BCUT2D eigenvalue weighted by Gasteiger charge is -2.30. The van der Waals surface area contributed by atoms with Crippen LogP contribution < -0.4 is 15.4 Å². The van der Waals surface area contributed by atoms with E-state index in [4.69, 9.17) is 14.5 Å². The highest BCUT2D eigenvalue weighted by Gasteiger charge is 2.51. The minimum Gasteiger partial charge on any atom is -0.488 e. The van der Waals surface area contributed by atoms with Gasteiger partial charge in [-0.3, -0.25) is 9.59 Å². The Morgan fingerprint density at radius 1 is 0.896 bits per heavy atom. The molecular weight excluding hydrogens is 874 g/mol. The molecular formula is C48H49F3N8O8. The van der Waals surface area contributed by atoms with Gasteiger partial charge >= 0.3 is 18.4 Å². The van der Waals surface area contributed by atoms with E-state index in [1.807, 2.05) is 42.5 Å². The van der Waals surface area contributed by atoms with Crippen molar-refractivity contribution in [2.24, 2.45) is 17.8 Å². The van der Waals surface area contributed by atoms with Crippen molar-refractivity contribution in [1.82, 2.24) is 40.4 Å². The zero-order chi connectivity index (χ0) is 47.3. The number of imidazole rings is 2. The lowest BCUT2D eigenvalue weighted by molar-refractivity contribution is -0.171. The largest absolute Gasteiger partial charge is 0.488 e. The molecule has 2 saturated heterocycles. The molecule has 5 heterocycles. The number of carbonyl (C=O) groups is 4. The SMILES string of the molecule is COC[C@H]1C[C@@H](c2nc3ccc4cc5c(cc4c3[nH]2)OCc2cc(-c3cnc([C@@H]4C[C@H](C(F)(F)F)CN4C(=O)[C@@H](NC(=O)OC)C(C)C)[nH]3)ccc2-5)N(C(=O)[C@H](NC(=O)O)c2ccccc2)C1. The number of carboxylic acid groups (broad SMARTS) is 1. The van der Waals surface area contributed by atoms with Crippen LogP contribution in [-0.2, 0) is 25.7 Å². The van der Waals surface area contributed by atoms with E-state index >= 15 is 0 Å². The number of ether oxygens (including phenoxy) is 3. The predicted molar refractivity (Wildman–Crippen MR) is 239 cm³/mol. The molecule has 0 radical (unpaired) electrons. The van der Waals surface area contributed by atoms with E-state index in [-0.39, 0.29) is 18.3 Å². The number of H-pyrrole nitrogens is 2. The van der Waals surface area contributed by atoms with E-state index in [0.717, 1.165) is 45.0 Å². The topological polar surface area (TPSA) is 204 Å². The van der Waals surface area contributed by atoms with E-state index in [1.165, 1.54) is 6.20 Å². The normalized spacial score (nSPS) is 20.1. The Labute approximate surface area is 382 Å².